The Bertz CT molecular complexity index is 1000. The van der Waals surface area contributed by atoms with Gasteiger partial charge in [-0.2, -0.15) is 0 Å². The molecule has 0 atom stereocenters. The van der Waals surface area contributed by atoms with Crippen molar-refractivity contribution in [2.75, 3.05) is 25.6 Å². The van der Waals surface area contributed by atoms with Gasteiger partial charge in [-0.05, 0) is 24.6 Å². The van der Waals surface area contributed by atoms with Gasteiger partial charge in [0, 0.05) is 10.9 Å². The van der Waals surface area contributed by atoms with Gasteiger partial charge in [0.1, 0.15) is 10.6 Å². The summed E-state index contributed by atoms with van der Waals surface area (Å²) >= 11 is 1.30. The molecule has 1 amide bonds. The van der Waals surface area contributed by atoms with Gasteiger partial charge < -0.3 is 19.5 Å². The van der Waals surface area contributed by atoms with Crippen LogP contribution >= 0.6 is 11.3 Å². The van der Waals surface area contributed by atoms with Crippen LogP contribution in [0.25, 0.3) is 11.1 Å². The van der Waals surface area contributed by atoms with Crippen LogP contribution in [0.15, 0.2) is 60.0 Å². The standard InChI is InChI=1S/C23H23NO5S/c1-3-28-23(26)21-17(16-9-5-4-6-10-16)15-30-22(21)24-20(25)13-14-29-19-12-8-7-11-18(19)27-2/h4-12,15H,3,13-14H2,1-2H3,(H,24,25). The molecule has 0 fully saturated rings. The fraction of sp³-hybridized carbons (Fsp3) is 0.217. The van der Waals surface area contributed by atoms with Crippen molar-refractivity contribution >= 4 is 28.2 Å². The number of para-hydroxylation sites is 2. The number of rotatable bonds is 9. The van der Waals surface area contributed by atoms with Gasteiger partial charge in [0.05, 0.1) is 26.7 Å². The summed E-state index contributed by atoms with van der Waals surface area (Å²) in [5, 5.41) is 5.14. The average Bonchev–Trinajstić information content (AvgIpc) is 3.18. The van der Waals surface area contributed by atoms with E-state index in [1.807, 2.05) is 47.8 Å². The van der Waals surface area contributed by atoms with Crippen LogP contribution < -0.4 is 14.8 Å². The molecule has 0 aliphatic carbocycles. The highest BCUT2D eigenvalue weighted by molar-refractivity contribution is 7.15. The number of benzene rings is 2. The number of carbonyl (C=O) groups excluding carboxylic acids is 2. The van der Waals surface area contributed by atoms with Crippen LogP contribution in [0.1, 0.15) is 23.7 Å². The predicted octanol–water partition coefficient (Wildman–Crippen LogP) is 5.01. The Kier molecular flexibility index (Phi) is 7.45. The van der Waals surface area contributed by atoms with Crippen molar-refractivity contribution in [1.82, 2.24) is 0 Å². The Morgan fingerprint density at radius 3 is 2.40 bits per heavy atom. The lowest BCUT2D eigenvalue weighted by Crippen LogP contribution is -2.17. The number of thiophene rings is 1. The second kappa shape index (κ2) is 10.5. The summed E-state index contributed by atoms with van der Waals surface area (Å²) in [5.74, 6) is 0.464. The third-order valence-electron chi connectivity index (χ3n) is 4.26. The molecule has 0 saturated heterocycles. The lowest BCUT2D eigenvalue weighted by Gasteiger charge is -2.11. The molecule has 0 spiro atoms. The van der Waals surface area contributed by atoms with E-state index in [2.05, 4.69) is 5.32 Å². The van der Waals surface area contributed by atoms with Crippen molar-refractivity contribution in [1.29, 1.82) is 0 Å². The Morgan fingerprint density at radius 2 is 1.70 bits per heavy atom. The van der Waals surface area contributed by atoms with Crippen LogP contribution in [0.5, 0.6) is 11.5 Å². The minimum absolute atomic E-state index is 0.124. The fourth-order valence-corrected chi connectivity index (χ4v) is 3.84. The topological polar surface area (TPSA) is 73.9 Å². The molecule has 156 valence electrons. The SMILES string of the molecule is CCOC(=O)c1c(-c2ccccc2)csc1NC(=O)CCOc1ccccc1OC. The first-order valence-corrected chi connectivity index (χ1v) is 10.4. The average molecular weight is 426 g/mol. The highest BCUT2D eigenvalue weighted by Gasteiger charge is 2.22. The number of anilines is 1. The van der Waals surface area contributed by atoms with Crippen molar-refractivity contribution in [2.45, 2.75) is 13.3 Å². The van der Waals surface area contributed by atoms with Gasteiger partial charge in [0.15, 0.2) is 11.5 Å². The molecule has 0 bridgehead atoms. The maximum absolute atomic E-state index is 12.6. The minimum Gasteiger partial charge on any atom is -0.493 e. The van der Waals surface area contributed by atoms with E-state index in [0.717, 1.165) is 11.1 Å². The molecule has 0 radical (unpaired) electrons. The number of hydrogen-bond acceptors (Lipinski definition) is 6. The Hall–Kier alpha value is -3.32. The number of carbonyl (C=O) groups is 2. The van der Waals surface area contributed by atoms with Crippen LogP contribution in [0.2, 0.25) is 0 Å². The number of esters is 1. The first kappa shape index (κ1) is 21.4. The lowest BCUT2D eigenvalue weighted by molar-refractivity contribution is -0.116. The molecular weight excluding hydrogens is 402 g/mol. The molecule has 30 heavy (non-hydrogen) atoms. The smallest absolute Gasteiger partial charge is 0.341 e. The van der Waals surface area contributed by atoms with Crippen LogP contribution in [0.4, 0.5) is 5.00 Å². The van der Waals surface area contributed by atoms with Crippen molar-refractivity contribution in [3.8, 4) is 22.6 Å². The summed E-state index contributed by atoms with van der Waals surface area (Å²) in [4.78, 5) is 25.0. The number of nitrogens with one attached hydrogen (secondary N) is 1. The van der Waals surface area contributed by atoms with Crippen molar-refractivity contribution in [3.05, 3.63) is 65.5 Å². The fourth-order valence-electron chi connectivity index (χ4n) is 2.87. The highest BCUT2D eigenvalue weighted by Crippen LogP contribution is 2.36. The Labute approximate surface area is 179 Å². The largest absolute Gasteiger partial charge is 0.493 e. The Balaban J connectivity index is 1.70. The van der Waals surface area contributed by atoms with Crippen molar-refractivity contribution in [3.63, 3.8) is 0 Å². The molecule has 3 aromatic rings. The van der Waals surface area contributed by atoms with Gasteiger partial charge in [-0.1, -0.05) is 42.5 Å². The van der Waals surface area contributed by atoms with Crippen molar-refractivity contribution in [2.24, 2.45) is 0 Å². The molecule has 6 nitrogen and oxygen atoms in total. The summed E-state index contributed by atoms with van der Waals surface area (Å²) in [7, 11) is 1.56. The van der Waals surface area contributed by atoms with Crippen LogP contribution in [-0.4, -0.2) is 32.2 Å². The van der Waals surface area contributed by atoms with E-state index >= 15 is 0 Å². The number of amides is 1. The van der Waals surface area contributed by atoms with E-state index in [1.165, 1.54) is 11.3 Å². The molecule has 3 rings (SSSR count). The summed E-state index contributed by atoms with van der Waals surface area (Å²) < 4.78 is 16.1. The molecule has 2 aromatic carbocycles. The quantitative estimate of drug-likeness (QED) is 0.488. The molecule has 1 aromatic heterocycles. The molecule has 1 heterocycles. The highest BCUT2D eigenvalue weighted by atomic mass is 32.1. The molecule has 0 saturated carbocycles. The van der Waals surface area contributed by atoms with E-state index in [9.17, 15) is 9.59 Å². The molecular formula is C23H23NO5S. The third kappa shape index (κ3) is 5.18. The van der Waals surface area contributed by atoms with Gasteiger partial charge >= 0.3 is 5.97 Å². The molecule has 0 aliphatic heterocycles. The molecule has 0 unspecified atom stereocenters. The van der Waals surface area contributed by atoms with E-state index in [1.54, 1.807) is 26.2 Å². The zero-order chi connectivity index (χ0) is 21.3. The normalized spacial score (nSPS) is 10.3. The Morgan fingerprint density at radius 1 is 1.00 bits per heavy atom. The first-order valence-electron chi connectivity index (χ1n) is 9.53. The summed E-state index contributed by atoms with van der Waals surface area (Å²) in [5.41, 5.74) is 1.99. The number of ether oxygens (including phenoxy) is 3. The molecule has 7 heteroatoms. The zero-order valence-corrected chi connectivity index (χ0v) is 17.7. The zero-order valence-electron chi connectivity index (χ0n) is 16.8. The summed E-state index contributed by atoms with van der Waals surface area (Å²) in [6.45, 7) is 2.18. The third-order valence-corrected chi connectivity index (χ3v) is 5.16. The summed E-state index contributed by atoms with van der Waals surface area (Å²) in [6.07, 6.45) is 0.124. The second-order valence-electron chi connectivity index (χ2n) is 6.24. The van der Waals surface area contributed by atoms with Crippen LogP contribution in [-0.2, 0) is 9.53 Å². The maximum atomic E-state index is 12.6. The van der Waals surface area contributed by atoms with E-state index in [4.69, 9.17) is 14.2 Å². The lowest BCUT2D eigenvalue weighted by atomic mass is 10.0. The molecule has 1 N–H and O–H groups in total. The van der Waals surface area contributed by atoms with Crippen LogP contribution in [0, 0.1) is 0 Å². The maximum Gasteiger partial charge on any atom is 0.341 e. The number of methoxy groups -OCH3 is 1. The van der Waals surface area contributed by atoms with Gasteiger partial charge in [-0.3, -0.25) is 4.79 Å². The van der Waals surface area contributed by atoms with Gasteiger partial charge in [0.2, 0.25) is 5.91 Å². The van der Waals surface area contributed by atoms with Gasteiger partial charge in [-0.25, -0.2) is 4.79 Å². The minimum atomic E-state index is -0.460. The monoisotopic (exact) mass is 425 g/mol. The van der Waals surface area contributed by atoms with Crippen molar-refractivity contribution < 1.29 is 23.8 Å². The van der Waals surface area contributed by atoms with Gasteiger partial charge in [-0.15, -0.1) is 11.3 Å². The second-order valence-corrected chi connectivity index (χ2v) is 7.12. The molecule has 0 aliphatic rings. The predicted molar refractivity (Wildman–Crippen MR) is 117 cm³/mol. The van der Waals surface area contributed by atoms with E-state index in [0.29, 0.717) is 22.1 Å². The number of hydrogen-bond donors (Lipinski definition) is 1. The van der Waals surface area contributed by atoms with E-state index < -0.39 is 5.97 Å². The first-order chi connectivity index (χ1) is 14.6. The van der Waals surface area contributed by atoms with Gasteiger partial charge in [0.25, 0.3) is 0 Å². The summed E-state index contributed by atoms with van der Waals surface area (Å²) in [6, 6.07) is 16.8. The van der Waals surface area contributed by atoms with E-state index in [-0.39, 0.29) is 25.5 Å². The van der Waals surface area contributed by atoms with Crippen LogP contribution in [0.3, 0.4) is 0 Å².